The van der Waals surface area contributed by atoms with E-state index in [1.807, 2.05) is 109 Å². The van der Waals surface area contributed by atoms with E-state index < -0.39 is 0 Å². The molecule has 50 heavy (non-hydrogen) atoms. The molecule has 0 aromatic heterocycles. The van der Waals surface area contributed by atoms with Crippen LogP contribution in [0.5, 0.6) is 0 Å². The summed E-state index contributed by atoms with van der Waals surface area (Å²) in [6.45, 7) is 12.5. The summed E-state index contributed by atoms with van der Waals surface area (Å²) >= 11 is 0. The van der Waals surface area contributed by atoms with Gasteiger partial charge in [0.2, 0.25) is 0 Å². The second-order valence-corrected chi connectivity index (χ2v) is 9.93. The quantitative estimate of drug-likeness (QED) is 0.129. The molecule has 0 aliphatic heterocycles. The van der Waals surface area contributed by atoms with Crippen molar-refractivity contribution in [3.05, 3.63) is 215 Å². The van der Waals surface area contributed by atoms with E-state index >= 15 is 0 Å². The lowest BCUT2D eigenvalue weighted by atomic mass is 10.2. The van der Waals surface area contributed by atoms with E-state index in [0.717, 1.165) is 28.4 Å². The van der Waals surface area contributed by atoms with Crippen LogP contribution >= 0.6 is 0 Å². The van der Waals surface area contributed by atoms with Gasteiger partial charge in [0.25, 0.3) is 0 Å². The van der Waals surface area contributed by atoms with Gasteiger partial charge < -0.3 is 20.4 Å². The third kappa shape index (κ3) is 41.2. The molecule has 6 aromatic rings. The van der Waals surface area contributed by atoms with E-state index in [2.05, 4.69) is 114 Å². The van der Waals surface area contributed by atoms with Gasteiger partial charge in [0, 0.05) is 28.4 Å². The van der Waals surface area contributed by atoms with Gasteiger partial charge in [-0.15, -0.1) is 0 Å². The zero-order valence-electron chi connectivity index (χ0n) is 32.1. The maximum absolute atomic E-state index is 7.00. The summed E-state index contributed by atoms with van der Waals surface area (Å²) in [5.74, 6) is 0. The lowest BCUT2D eigenvalue weighted by Gasteiger charge is -1.82. The molecule has 0 saturated carbocycles. The summed E-state index contributed by atoms with van der Waals surface area (Å²) in [5, 5.41) is 28.0. The molecule has 0 aliphatic rings. The van der Waals surface area contributed by atoms with Crippen LogP contribution in [0.25, 0.3) is 0 Å². The third-order valence-electron chi connectivity index (χ3n) is 5.64. The van der Waals surface area contributed by atoms with Gasteiger partial charge in [0.15, 0.2) is 0 Å². The van der Waals surface area contributed by atoms with Crippen LogP contribution in [-0.4, -0.2) is 48.9 Å². The summed E-state index contributed by atoms with van der Waals surface area (Å²) < 4.78 is 0. The molecule has 0 atom stereocenters. The van der Waals surface area contributed by atoms with Gasteiger partial charge in [-0.3, -0.25) is 0 Å². The van der Waals surface area contributed by atoms with Crippen LogP contribution in [0.4, 0.5) is 0 Å². The van der Waals surface area contributed by atoms with Crippen LogP contribution in [0.2, 0.25) is 0 Å². The largest absolute Gasteiger partial charge is 0.400 e. The maximum atomic E-state index is 7.00. The van der Waals surface area contributed by atoms with Gasteiger partial charge in [0.1, 0.15) is 0 Å². The standard InChI is InChI=1S/6C7H8.4CH4O/c6*1-7-5-3-2-4-6-7;4*1-2/h6*2-6H,1H3;4*2H,1H3. The molecule has 0 saturated heterocycles. The Hall–Kier alpha value is -4.84. The van der Waals surface area contributed by atoms with Crippen molar-refractivity contribution in [1.29, 1.82) is 0 Å². The molecule has 0 radical (unpaired) electrons. The van der Waals surface area contributed by atoms with E-state index in [0.29, 0.717) is 0 Å². The third-order valence-corrected chi connectivity index (χ3v) is 5.64. The van der Waals surface area contributed by atoms with E-state index in [1.54, 1.807) is 0 Å². The molecule has 0 unspecified atom stereocenters. The highest BCUT2D eigenvalue weighted by Crippen LogP contribution is 1.95. The molecular weight excluding hydrogens is 617 g/mol. The maximum Gasteiger partial charge on any atom is 0.0319 e. The van der Waals surface area contributed by atoms with Crippen molar-refractivity contribution in [2.75, 3.05) is 28.4 Å². The fourth-order valence-electron chi connectivity index (χ4n) is 3.21. The smallest absolute Gasteiger partial charge is 0.0319 e. The molecule has 4 heteroatoms. The number of rotatable bonds is 0. The zero-order valence-corrected chi connectivity index (χ0v) is 32.1. The number of benzene rings is 6. The fourth-order valence-corrected chi connectivity index (χ4v) is 3.21. The number of hydrogen-bond acceptors (Lipinski definition) is 4. The monoisotopic (exact) mass is 680 g/mol. The van der Waals surface area contributed by atoms with Gasteiger partial charge in [-0.25, -0.2) is 0 Å². The highest BCUT2D eigenvalue weighted by Gasteiger charge is 1.75. The minimum Gasteiger partial charge on any atom is -0.400 e. The van der Waals surface area contributed by atoms with Gasteiger partial charge in [-0.2, -0.15) is 0 Å². The summed E-state index contributed by atoms with van der Waals surface area (Å²) in [6.07, 6.45) is 0. The number of aliphatic hydroxyl groups is 4. The van der Waals surface area contributed by atoms with Crippen LogP contribution in [-0.2, 0) is 0 Å². The van der Waals surface area contributed by atoms with Crippen LogP contribution in [0.15, 0.2) is 182 Å². The summed E-state index contributed by atoms with van der Waals surface area (Å²) in [5.41, 5.74) is 7.93. The van der Waals surface area contributed by atoms with Crippen molar-refractivity contribution >= 4 is 0 Å². The Balaban J connectivity index is -0.000000244. The molecule has 0 amide bonds. The molecule has 0 spiro atoms. The molecule has 6 rings (SSSR count). The first kappa shape index (κ1) is 52.0. The van der Waals surface area contributed by atoms with E-state index in [-0.39, 0.29) is 0 Å². The number of hydrogen-bond donors (Lipinski definition) is 4. The molecule has 4 nitrogen and oxygen atoms in total. The second kappa shape index (κ2) is 44.2. The summed E-state index contributed by atoms with van der Waals surface area (Å²) in [6, 6.07) is 61.6. The molecule has 4 N–H and O–H groups in total. The second-order valence-electron chi connectivity index (χ2n) is 9.93. The minimum absolute atomic E-state index is 1.00. The zero-order chi connectivity index (χ0) is 38.7. The summed E-state index contributed by atoms with van der Waals surface area (Å²) in [4.78, 5) is 0. The minimum atomic E-state index is 1.00. The Morgan fingerprint density at radius 2 is 0.260 bits per heavy atom. The topological polar surface area (TPSA) is 80.9 Å². The van der Waals surface area contributed by atoms with Gasteiger partial charge in [-0.05, 0) is 41.5 Å². The molecule has 0 fully saturated rings. The first-order valence-electron chi connectivity index (χ1n) is 16.3. The van der Waals surface area contributed by atoms with Crippen molar-refractivity contribution < 1.29 is 20.4 Å². The molecule has 0 bridgehead atoms. The Labute approximate surface area is 305 Å². The Bertz CT molecular complexity index is 1090. The van der Waals surface area contributed by atoms with Crippen LogP contribution in [0, 0.1) is 41.5 Å². The van der Waals surface area contributed by atoms with Crippen LogP contribution in [0.1, 0.15) is 33.4 Å². The van der Waals surface area contributed by atoms with Crippen molar-refractivity contribution in [2.45, 2.75) is 41.5 Å². The van der Waals surface area contributed by atoms with E-state index in [1.165, 1.54) is 33.4 Å². The molecule has 0 aliphatic carbocycles. The molecular formula is C46H64O4. The number of aryl methyl sites for hydroxylation is 6. The number of aliphatic hydroxyl groups excluding tert-OH is 4. The predicted octanol–water partition coefficient (Wildman–Crippen LogP) is 10.4. The van der Waals surface area contributed by atoms with Gasteiger partial charge in [0.05, 0.1) is 0 Å². The fraction of sp³-hybridized carbons (Fsp3) is 0.217. The van der Waals surface area contributed by atoms with Crippen molar-refractivity contribution in [1.82, 2.24) is 0 Å². The Kier molecular flexibility index (Phi) is 45.9. The van der Waals surface area contributed by atoms with Crippen molar-refractivity contribution in [3.63, 3.8) is 0 Å². The molecule has 6 aromatic carbocycles. The molecule has 0 heterocycles. The predicted molar refractivity (Wildman–Crippen MR) is 220 cm³/mol. The first-order valence-corrected chi connectivity index (χ1v) is 16.3. The highest BCUT2D eigenvalue weighted by molar-refractivity contribution is 5.14. The van der Waals surface area contributed by atoms with Crippen molar-refractivity contribution in [2.24, 2.45) is 0 Å². The normalized spacial score (nSPS) is 7.80. The lowest BCUT2D eigenvalue weighted by Crippen LogP contribution is -1.62. The van der Waals surface area contributed by atoms with Crippen molar-refractivity contribution in [3.8, 4) is 0 Å². The van der Waals surface area contributed by atoms with Crippen LogP contribution < -0.4 is 0 Å². The average Bonchev–Trinajstić information content (AvgIpc) is 3.18. The first-order chi connectivity index (χ1) is 24.4. The summed E-state index contributed by atoms with van der Waals surface area (Å²) in [7, 11) is 4.00. The lowest BCUT2D eigenvalue weighted by molar-refractivity contribution is 0.399. The van der Waals surface area contributed by atoms with Crippen LogP contribution in [0.3, 0.4) is 0 Å². The van der Waals surface area contributed by atoms with Gasteiger partial charge >= 0.3 is 0 Å². The molecule has 272 valence electrons. The van der Waals surface area contributed by atoms with Gasteiger partial charge in [-0.1, -0.05) is 215 Å². The van der Waals surface area contributed by atoms with E-state index in [9.17, 15) is 0 Å². The Morgan fingerprint density at radius 3 is 0.300 bits per heavy atom. The average molecular weight is 681 g/mol. The highest BCUT2D eigenvalue weighted by atomic mass is 16.2. The SMILES string of the molecule is CO.CO.CO.CO.Cc1ccccc1.Cc1ccccc1.Cc1ccccc1.Cc1ccccc1.Cc1ccccc1.Cc1ccccc1. The van der Waals surface area contributed by atoms with E-state index in [4.69, 9.17) is 20.4 Å². The Morgan fingerprint density at radius 1 is 0.180 bits per heavy atom.